The Morgan fingerprint density at radius 1 is 0.686 bits per heavy atom. The standard InChI is InChI=1S/C47H33N3O/c1-27-18-21-39-35-24-37-41(50-40-16-7-5-13-32(40)36-25-43-44(45(37)47(36)50)34-14-6-8-17-42(34)51-43)23-29(35)19-20-33-30-11-3-4-12-31(30)38-15-9-10-22-48(38)46(33)28(2)49(39)26-27/h3-18,21-26,33,46H,2,19-20H2,1H3/q+2. The zero-order valence-corrected chi connectivity index (χ0v) is 28.2. The van der Waals surface area contributed by atoms with Gasteiger partial charge in [0, 0.05) is 61.6 Å². The van der Waals surface area contributed by atoms with E-state index < -0.39 is 0 Å². The fraction of sp³-hybridized carbons (Fsp3) is 0.106. The Kier molecular flexibility index (Phi) is 5.24. The number of rotatable bonds is 0. The predicted molar refractivity (Wildman–Crippen MR) is 206 cm³/mol. The van der Waals surface area contributed by atoms with E-state index in [1.54, 1.807) is 0 Å². The number of pyridine rings is 2. The van der Waals surface area contributed by atoms with Crippen LogP contribution in [0.4, 0.5) is 0 Å². The van der Waals surface area contributed by atoms with Gasteiger partial charge in [0.15, 0.2) is 12.4 Å². The van der Waals surface area contributed by atoms with Gasteiger partial charge < -0.3 is 8.82 Å². The van der Waals surface area contributed by atoms with Crippen molar-refractivity contribution in [2.24, 2.45) is 0 Å². The SMILES string of the molecule is C=C1C2C(CCc3cc4c(cc3-c3ccc(C)c[n+]31)c1c3c(cc5c6ccccc6n4c51)oc1ccccc13)c1ccccc1-c1cccc[n+]12. The Hall–Kier alpha value is -6.26. The largest absolute Gasteiger partial charge is 0.456 e. The van der Waals surface area contributed by atoms with E-state index in [-0.39, 0.29) is 12.0 Å². The number of hydrogen-bond donors (Lipinski definition) is 0. The minimum atomic E-state index is 0.0773. The van der Waals surface area contributed by atoms with E-state index in [0.29, 0.717) is 0 Å². The van der Waals surface area contributed by atoms with Gasteiger partial charge >= 0.3 is 0 Å². The Balaban J connectivity index is 1.22. The zero-order chi connectivity index (χ0) is 33.5. The highest BCUT2D eigenvalue weighted by molar-refractivity contribution is 6.35. The van der Waals surface area contributed by atoms with Crippen LogP contribution < -0.4 is 9.13 Å². The minimum Gasteiger partial charge on any atom is -0.456 e. The first kappa shape index (κ1) is 27.5. The van der Waals surface area contributed by atoms with Crippen molar-refractivity contribution in [2.75, 3.05) is 0 Å². The number of aromatic nitrogens is 3. The van der Waals surface area contributed by atoms with Gasteiger partial charge in [-0.25, -0.2) is 0 Å². The maximum absolute atomic E-state index is 6.59. The molecule has 0 spiro atoms. The average molecular weight is 656 g/mol. The summed E-state index contributed by atoms with van der Waals surface area (Å²) in [5.41, 5.74) is 15.8. The summed E-state index contributed by atoms with van der Waals surface area (Å²) in [5.74, 6) is 0.266. The fourth-order valence-electron chi connectivity index (χ4n) is 9.87. The molecular weight excluding hydrogens is 623 g/mol. The van der Waals surface area contributed by atoms with Crippen LogP contribution in [0.1, 0.15) is 35.1 Å². The molecule has 10 aromatic rings. The maximum Gasteiger partial charge on any atom is 0.249 e. The van der Waals surface area contributed by atoms with Gasteiger partial charge in [0.25, 0.3) is 0 Å². The van der Waals surface area contributed by atoms with E-state index >= 15 is 0 Å². The third-order valence-electron chi connectivity index (χ3n) is 12.0. The van der Waals surface area contributed by atoms with Gasteiger partial charge in [0.05, 0.1) is 28.0 Å². The monoisotopic (exact) mass is 655 g/mol. The summed E-state index contributed by atoms with van der Waals surface area (Å²) in [6.07, 6.45) is 6.50. The van der Waals surface area contributed by atoms with Gasteiger partial charge in [-0.15, -0.1) is 0 Å². The highest BCUT2D eigenvalue weighted by Crippen LogP contribution is 2.49. The molecule has 4 nitrogen and oxygen atoms in total. The predicted octanol–water partition coefficient (Wildman–Crippen LogP) is 10.7. The summed E-state index contributed by atoms with van der Waals surface area (Å²) in [6.45, 7) is 7.11. The first-order chi connectivity index (χ1) is 25.1. The van der Waals surface area contributed by atoms with Crippen LogP contribution in [0.2, 0.25) is 0 Å². The van der Waals surface area contributed by atoms with E-state index in [1.807, 2.05) is 0 Å². The van der Waals surface area contributed by atoms with Crippen molar-refractivity contribution >= 4 is 65.7 Å². The van der Waals surface area contributed by atoms with Gasteiger partial charge in [-0.05, 0) is 86.0 Å². The lowest BCUT2D eigenvalue weighted by molar-refractivity contribution is -0.727. The molecule has 4 heteroatoms. The van der Waals surface area contributed by atoms with E-state index in [2.05, 4.69) is 154 Å². The van der Waals surface area contributed by atoms with Crippen molar-refractivity contribution in [3.05, 3.63) is 157 Å². The molecule has 0 aliphatic carbocycles. The summed E-state index contributed by atoms with van der Waals surface area (Å²) in [4.78, 5) is 0. The van der Waals surface area contributed by atoms with Crippen LogP contribution in [-0.4, -0.2) is 4.40 Å². The molecule has 5 aromatic carbocycles. The van der Waals surface area contributed by atoms with Crippen molar-refractivity contribution in [1.29, 1.82) is 0 Å². The minimum absolute atomic E-state index is 0.0773. The first-order valence-corrected chi connectivity index (χ1v) is 18.0. The Bertz CT molecular complexity index is 3140. The quantitative estimate of drug-likeness (QED) is 0.149. The summed E-state index contributed by atoms with van der Waals surface area (Å²) in [7, 11) is 0. The van der Waals surface area contributed by atoms with Crippen LogP contribution in [0.3, 0.4) is 0 Å². The summed E-state index contributed by atoms with van der Waals surface area (Å²) >= 11 is 0. The summed E-state index contributed by atoms with van der Waals surface area (Å²) < 4.78 is 14.0. The Morgan fingerprint density at radius 2 is 1.51 bits per heavy atom. The molecule has 2 unspecified atom stereocenters. The van der Waals surface area contributed by atoms with E-state index in [9.17, 15) is 0 Å². The zero-order valence-electron chi connectivity index (χ0n) is 28.2. The second kappa shape index (κ2) is 9.70. The van der Waals surface area contributed by atoms with Crippen LogP contribution >= 0.6 is 0 Å². The fourth-order valence-corrected chi connectivity index (χ4v) is 9.87. The molecule has 0 saturated carbocycles. The number of allylic oxidation sites excluding steroid dienone is 1. The van der Waals surface area contributed by atoms with Gasteiger partial charge in [0.1, 0.15) is 11.2 Å². The first-order valence-electron chi connectivity index (χ1n) is 18.0. The lowest BCUT2D eigenvalue weighted by Crippen LogP contribution is -2.53. The third-order valence-corrected chi connectivity index (χ3v) is 12.0. The molecule has 0 amide bonds. The molecule has 0 saturated heterocycles. The number of furan rings is 1. The molecule has 5 aromatic heterocycles. The number of nitrogens with zero attached hydrogens (tertiary/aromatic N) is 3. The molecule has 0 bridgehead atoms. The molecule has 2 aliphatic rings. The van der Waals surface area contributed by atoms with Crippen LogP contribution in [0.5, 0.6) is 0 Å². The van der Waals surface area contributed by atoms with E-state index in [0.717, 1.165) is 35.1 Å². The lowest BCUT2D eigenvalue weighted by atomic mass is 9.78. The van der Waals surface area contributed by atoms with Crippen LogP contribution in [-0.2, 0) is 6.42 Å². The number of hydrogen-bond acceptors (Lipinski definition) is 1. The van der Waals surface area contributed by atoms with Gasteiger partial charge in [-0.3, -0.25) is 0 Å². The van der Waals surface area contributed by atoms with Crippen LogP contribution in [0.25, 0.3) is 88.2 Å². The second-order valence-corrected chi connectivity index (χ2v) is 14.6. The van der Waals surface area contributed by atoms with Crippen molar-refractivity contribution in [3.8, 4) is 22.5 Å². The Morgan fingerprint density at radius 3 is 2.45 bits per heavy atom. The van der Waals surface area contributed by atoms with Gasteiger partial charge in [-0.1, -0.05) is 54.6 Å². The smallest absolute Gasteiger partial charge is 0.249 e. The van der Waals surface area contributed by atoms with Gasteiger partial charge in [-0.2, -0.15) is 9.13 Å². The normalized spacial score (nSPS) is 17.0. The molecule has 0 fully saturated rings. The van der Waals surface area contributed by atoms with Gasteiger partial charge in [0.2, 0.25) is 23.1 Å². The molecule has 0 N–H and O–H groups in total. The maximum atomic E-state index is 6.59. The van der Waals surface area contributed by atoms with Crippen molar-refractivity contribution in [1.82, 2.24) is 4.40 Å². The summed E-state index contributed by atoms with van der Waals surface area (Å²) in [6, 6.07) is 44.8. The Labute approximate surface area is 294 Å². The van der Waals surface area contributed by atoms with Crippen LogP contribution in [0.15, 0.2) is 145 Å². The lowest BCUT2D eigenvalue weighted by Gasteiger charge is -2.29. The number of benzene rings is 5. The number of para-hydroxylation sites is 2. The average Bonchev–Trinajstić information content (AvgIpc) is 3.82. The highest BCUT2D eigenvalue weighted by atomic mass is 16.3. The third kappa shape index (κ3) is 3.49. The molecule has 12 rings (SSSR count). The molecule has 7 heterocycles. The number of fused-ring (bicyclic) bond motifs is 19. The topological polar surface area (TPSA) is 25.3 Å². The van der Waals surface area contributed by atoms with E-state index in [1.165, 1.54) is 82.7 Å². The molecular formula is C47H33N3O+2. The van der Waals surface area contributed by atoms with E-state index in [4.69, 9.17) is 11.0 Å². The van der Waals surface area contributed by atoms with Crippen molar-refractivity contribution < 1.29 is 13.6 Å². The summed E-state index contributed by atoms with van der Waals surface area (Å²) in [5, 5.41) is 7.39. The van der Waals surface area contributed by atoms with Crippen molar-refractivity contribution in [3.63, 3.8) is 0 Å². The molecule has 0 radical (unpaired) electrons. The number of aryl methyl sites for hydroxylation is 2. The molecule has 51 heavy (non-hydrogen) atoms. The highest BCUT2D eigenvalue weighted by Gasteiger charge is 2.46. The molecule has 240 valence electrons. The second-order valence-electron chi connectivity index (χ2n) is 14.6. The van der Waals surface area contributed by atoms with Crippen molar-refractivity contribution in [2.45, 2.75) is 31.7 Å². The van der Waals surface area contributed by atoms with Crippen LogP contribution in [0, 0.1) is 6.92 Å². The molecule has 2 atom stereocenters. The molecule has 2 aliphatic heterocycles.